The molecule has 80 valence electrons. The van der Waals surface area contributed by atoms with E-state index in [1.165, 1.54) is 6.07 Å². The summed E-state index contributed by atoms with van der Waals surface area (Å²) in [7, 11) is 0. The third-order valence-corrected chi connectivity index (χ3v) is 2.28. The Bertz CT molecular complexity index is 395. The summed E-state index contributed by atoms with van der Waals surface area (Å²) >= 11 is 3.58. The third kappa shape index (κ3) is 3.03. The van der Waals surface area contributed by atoms with Gasteiger partial charge in [-0.3, -0.25) is 14.9 Å². The molecule has 1 unspecified atom stereocenters. The fourth-order valence-electron chi connectivity index (χ4n) is 1.19. The van der Waals surface area contributed by atoms with Crippen molar-refractivity contribution < 1.29 is 9.72 Å². The van der Waals surface area contributed by atoms with Gasteiger partial charge in [0.05, 0.1) is 11.0 Å². The second-order valence-corrected chi connectivity index (χ2v) is 3.48. The molecule has 1 atom stereocenters. The molecule has 1 rings (SSSR count). The average molecular weight is 226 g/mol. The lowest BCUT2D eigenvalue weighted by Crippen LogP contribution is -2.29. The van der Waals surface area contributed by atoms with Crippen LogP contribution in [0.3, 0.4) is 0 Å². The summed E-state index contributed by atoms with van der Waals surface area (Å²) < 4.78 is 0. The molecule has 0 saturated heterocycles. The standard InChI is InChI=1S/C9H10N2O3S/c10-7(9(12)15)5-6-3-1-2-4-8(6)11(13)14/h1-4,7H,5,10H2,(H,12,15). The number of hydrogen-bond donors (Lipinski definition) is 2. The van der Waals surface area contributed by atoms with Gasteiger partial charge in [-0.2, -0.15) is 0 Å². The lowest BCUT2D eigenvalue weighted by Gasteiger charge is -2.06. The van der Waals surface area contributed by atoms with Crippen molar-refractivity contribution in [2.45, 2.75) is 12.5 Å². The Hall–Kier alpha value is -1.40. The van der Waals surface area contributed by atoms with E-state index in [1.54, 1.807) is 18.2 Å². The first kappa shape index (κ1) is 11.7. The zero-order valence-electron chi connectivity index (χ0n) is 7.79. The molecule has 0 saturated carbocycles. The molecule has 0 heterocycles. The monoisotopic (exact) mass is 226 g/mol. The van der Waals surface area contributed by atoms with Crippen molar-refractivity contribution in [1.82, 2.24) is 0 Å². The smallest absolute Gasteiger partial charge is 0.272 e. The third-order valence-electron chi connectivity index (χ3n) is 1.95. The number of thiol groups is 1. The molecule has 2 N–H and O–H groups in total. The van der Waals surface area contributed by atoms with Gasteiger partial charge in [0.25, 0.3) is 5.69 Å². The molecule has 6 heteroatoms. The van der Waals surface area contributed by atoms with Crippen LogP contribution in [0.1, 0.15) is 5.56 Å². The van der Waals surface area contributed by atoms with Crippen LogP contribution in [-0.4, -0.2) is 16.1 Å². The van der Waals surface area contributed by atoms with Crippen molar-refractivity contribution in [3.05, 3.63) is 39.9 Å². The van der Waals surface area contributed by atoms with Gasteiger partial charge in [-0.1, -0.05) is 18.2 Å². The maximum absolute atomic E-state index is 10.8. The first-order chi connectivity index (χ1) is 7.02. The molecule has 0 aliphatic rings. The van der Waals surface area contributed by atoms with Gasteiger partial charge in [0.15, 0.2) is 0 Å². The normalized spacial score (nSPS) is 12.1. The zero-order chi connectivity index (χ0) is 11.4. The van der Waals surface area contributed by atoms with E-state index in [-0.39, 0.29) is 12.1 Å². The second-order valence-electron chi connectivity index (χ2n) is 3.03. The van der Waals surface area contributed by atoms with Gasteiger partial charge in [-0.15, -0.1) is 12.6 Å². The SMILES string of the molecule is NC(Cc1ccccc1[N+](=O)[O-])C(=O)S. The number of carbonyl (C=O) groups excluding carboxylic acids is 1. The molecule has 0 amide bonds. The Labute approximate surface area is 91.8 Å². The van der Waals surface area contributed by atoms with E-state index >= 15 is 0 Å². The summed E-state index contributed by atoms with van der Waals surface area (Å²) in [5.41, 5.74) is 5.89. The highest BCUT2D eigenvalue weighted by atomic mass is 32.1. The van der Waals surface area contributed by atoms with Crippen molar-refractivity contribution in [3.8, 4) is 0 Å². The number of nitro groups is 1. The van der Waals surface area contributed by atoms with Crippen LogP contribution < -0.4 is 5.73 Å². The molecule has 0 aliphatic carbocycles. The lowest BCUT2D eigenvalue weighted by atomic mass is 10.1. The van der Waals surface area contributed by atoms with Crippen molar-refractivity contribution in [2.24, 2.45) is 5.73 Å². The maximum atomic E-state index is 10.8. The molecule has 1 aromatic rings. The summed E-state index contributed by atoms with van der Waals surface area (Å²) in [5.74, 6) is 0. The minimum absolute atomic E-state index is 0.0254. The van der Waals surface area contributed by atoms with Gasteiger partial charge in [0, 0.05) is 18.1 Å². The van der Waals surface area contributed by atoms with Crippen LogP contribution in [-0.2, 0) is 11.2 Å². The number of hydrogen-bond acceptors (Lipinski definition) is 4. The van der Waals surface area contributed by atoms with Crippen molar-refractivity contribution in [2.75, 3.05) is 0 Å². The van der Waals surface area contributed by atoms with Crippen molar-refractivity contribution >= 4 is 23.4 Å². The van der Waals surface area contributed by atoms with Gasteiger partial charge in [0.2, 0.25) is 5.12 Å². The van der Waals surface area contributed by atoms with Crippen molar-refractivity contribution in [1.29, 1.82) is 0 Å². The van der Waals surface area contributed by atoms with E-state index in [0.717, 1.165) is 0 Å². The Morgan fingerprint density at radius 1 is 1.53 bits per heavy atom. The quantitative estimate of drug-likeness (QED) is 0.454. The molecular weight excluding hydrogens is 216 g/mol. The summed E-state index contributed by atoms with van der Waals surface area (Å²) in [6.45, 7) is 0. The second kappa shape index (κ2) is 4.90. The maximum Gasteiger partial charge on any atom is 0.272 e. The number of benzene rings is 1. The van der Waals surface area contributed by atoms with Crippen LogP contribution in [0.15, 0.2) is 24.3 Å². The van der Waals surface area contributed by atoms with Gasteiger partial charge >= 0.3 is 0 Å². The number of para-hydroxylation sites is 1. The topological polar surface area (TPSA) is 86.2 Å². The summed E-state index contributed by atoms with van der Waals surface area (Å²) in [4.78, 5) is 20.9. The molecular formula is C9H10N2O3S. The fourth-order valence-corrected chi connectivity index (χ4v) is 1.28. The molecule has 0 radical (unpaired) electrons. The number of nitrogens with two attached hydrogens (primary N) is 1. The molecule has 15 heavy (non-hydrogen) atoms. The number of nitro benzene ring substituents is 1. The van der Waals surface area contributed by atoms with Crippen LogP contribution in [0.4, 0.5) is 5.69 Å². The minimum Gasteiger partial charge on any atom is -0.320 e. The largest absolute Gasteiger partial charge is 0.320 e. The Morgan fingerprint density at radius 3 is 2.67 bits per heavy atom. The van der Waals surface area contributed by atoms with Gasteiger partial charge in [0.1, 0.15) is 0 Å². The Morgan fingerprint density at radius 2 is 2.13 bits per heavy atom. The molecule has 5 nitrogen and oxygen atoms in total. The summed E-state index contributed by atoms with van der Waals surface area (Å²) in [6, 6.07) is 5.38. The Kier molecular flexibility index (Phi) is 3.81. The van der Waals surface area contributed by atoms with E-state index in [1.807, 2.05) is 0 Å². The lowest BCUT2D eigenvalue weighted by molar-refractivity contribution is -0.385. The van der Waals surface area contributed by atoms with Crippen LogP contribution in [0.5, 0.6) is 0 Å². The highest BCUT2D eigenvalue weighted by Gasteiger charge is 2.17. The first-order valence-corrected chi connectivity index (χ1v) is 4.67. The molecule has 0 spiro atoms. The van der Waals surface area contributed by atoms with Gasteiger partial charge < -0.3 is 5.73 Å². The Balaban J connectivity index is 2.94. The van der Waals surface area contributed by atoms with Gasteiger partial charge in [-0.25, -0.2) is 0 Å². The highest BCUT2D eigenvalue weighted by Crippen LogP contribution is 2.19. The van der Waals surface area contributed by atoms with Crippen LogP contribution in [0, 0.1) is 10.1 Å². The van der Waals surface area contributed by atoms with Crippen LogP contribution in [0.2, 0.25) is 0 Å². The molecule has 0 aromatic heterocycles. The molecule has 0 fully saturated rings. The fraction of sp³-hybridized carbons (Fsp3) is 0.222. The highest BCUT2D eigenvalue weighted by molar-refractivity contribution is 7.96. The number of carbonyl (C=O) groups is 1. The predicted molar refractivity (Wildman–Crippen MR) is 58.8 cm³/mol. The molecule has 1 aromatic carbocycles. The van der Waals surface area contributed by atoms with E-state index in [9.17, 15) is 14.9 Å². The summed E-state index contributed by atoms with van der Waals surface area (Å²) in [6.07, 6.45) is 0.124. The average Bonchev–Trinajstić information content (AvgIpc) is 2.18. The van der Waals surface area contributed by atoms with E-state index in [2.05, 4.69) is 12.6 Å². The first-order valence-electron chi connectivity index (χ1n) is 4.23. The van der Waals surface area contributed by atoms with Crippen molar-refractivity contribution in [3.63, 3.8) is 0 Å². The molecule has 0 bridgehead atoms. The number of nitrogens with zero attached hydrogens (tertiary/aromatic N) is 1. The zero-order valence-corrected chi connectivity index (χ0v) is 8.68. The minimum atomic E-state index is -0.811. The van der Waals surface area contributed by atoms with E-state index in [4.69, 9.17) is 5.73 Å². The summed E-state index contributed by atoms with van der Waals surface area (Å²) in [5, 5.41) is 10.2. The van der Waals surface area contributed by atoms with E-state index in [0.29, 0.717) is 5.56 Å². The van der Waals surface area contributed by atoms with E-state index < -0.39 is 16.1 Å². The number of rotatable bonds is 4. The predicted octanol–water partition coefficient (Wildman–Crippen LogP) is 0.921. The van der Waals surface area contributed by atoms with Gasteiger partial charge in [-0.05, 0) is 0 Å². The van der Waals surface area contributed by atoms with Crippen LogP contribution >= 0.6 is 12.6 Å². The molecule has 0 aliphatic heterocycles. The van der Waals surface area contributed by atoms with Crippen LogP contribution in [0.25, 0.3) is 0 Å².